The Balaban J connectivity index is 2.25. The Bertz CT molecular complexity index is 456. The summed E-state index contributed by atoms with van der Waals surface area (Å²) >= 11 is 3.40. The van der Waals surface area contributed by atoms with Crippen molar-refractivity contribution in [3.63, 3.8) is 0 Å². The van der Waals surface area contributed by atoms with Gasteiger partial charge in [-0.1, -0.05) is 35.8 Å². The first-order chi connectivity index (χ1) is 7.25. The van der Waals surface area contributed by atoms with Crippen molar-refractivity contribution in [2.75, 3.05) is 0 Å². The van der Waals surface area contributed by atoms with Crippen LogP contribution in [-0.2, 0) is 0 Å². The van der Waals surface area contributed by atoms with Crippen LogP contribution in [0.5, 0.6) is 11.5 Å². The average Bonchev–Trinajstić information content (AvgIpc) is 2.24. The van der Waals surface area contributed by atoms with Crippen LogP contribution in [0.25, 0.3) is 0 Å². The van der Waals surface area contributed by atoms with Gasteiger partial charge in [-0.25, -0.2) is 0 Å². The molecule has 3 heteroatoms. The highest BCUT2D eigenvalue weighted by Crippen LogP contribution is 2.28. The quantitative estimate of drug-likeness (QED) is 0.753. The molecule has 0 aromatic heterocycles. The van der Waals surface area contributed by atoms with Crippen LogP contribution in [-0.4, -0.2) is 7.85 Å². The molecule has 0 heterocycles. The molecule has 2 aromatic carbocycles. The summed E-state index contributed by atoms with van der Waals surface area (Å²) in [5.41, 5.74) is 0.710. The third-order valence-electron chi connectivity index (χ3n) is 1.93. The second kappa shape index (κ2) is 4.54. The monoisotopic (exact) mass is 258 g/mol. The van der Waals surface area contributed by atoms with Gasteiger partial charge in [0.25, 0.3) is 0 Å². The van der Waals surface area contributed by atoms with Crippen molar-refractivity contribution < 1.29 is 4.74 Å². The zero-order valence-electron chi connectivity index (χ0n) is 7.98. The highest BCUT2D eigenvalue weighted by molar-refractivity contribution is 9.10. The molecule has 1 nitrogen and oxygen atoms in total. The Morgan fingerprint density at radius 1 is 1.00 bits per heavy atom. The van der Waals surface area contributed by atoms with E-state index in [4.69, 9.17) is 12.6 Å². The summed E-state index contributed by atoms with van der Waals surface area (Å²) in [7, 11) is 5.64. The van der Waals surface area contributed by atoms with E-state index < -0.39 is 0 Å². The summed E-state index contributed by atoms with van der Waals surface area (Å²) in [5.74, 6) is 1.57. The lowest BCUT2D eigenvalue weighted by Crippen LogP contribution is -2.00. The molecule has 0 atom stereocenters. The molecule has 0 aliphatic rings. The molecular formula is C12H8BBrO. The highest BCUT2D eigenvalue weighted by atomic mass is 79.9. The molecule has 0 bridgehead atoms. The molecule has 72 valence electrons. The lowest BCUT2D eigenvalue weighted by Gasteiger charge is -2.07. The lowest BCUT2D eigenvalue weighted by molar-refractivity contribution is 0.480. The van der Waals surface area contributed by atoms with Crippen molar-refractivity contribution in [2.45, 2.75) is 0 Å². The molecule has 0 saturated carbocycles. The minimum atomic E-state index is 0.710. The van der Waals surface area contributed by atoms with Crippen LogP contribution >= 0.6 is 15.9 Å². The number of ether oxygens (including phenoxy) is 1. The van der Waals surface area contributed by atoms with E-state index in [1.54, 1.807) is 0 Å². The van der Waals surface area contributed by atoms with E-state index in [9.17, 15) is 0 Å². The first-order valence-corrected chi connectivity index (χ1v) is 5.33. The van der Waals surface area contributed by atoms with Gasteiger partial charge in [-0.2, -0.15) is 0 Å². The number of benzene rings is 2. The van der Waals surface area contributed by atoms with E-state index in [0.717, 1.165) is 16.0 Å². The van der Waals surface area contributed by atoms with Crippen molar-refractivity contribution >= 4 is 29.2 Å². The Labute approximate surface area is 98.6 Å². The van der Waals surface area contributed by atoms with Crippen LogP contribution in [0.15, 0.2) is 53.0 Å². The largest absolute Gasteiger partial charge is 0.456 e. The molecule has 0 aliphatic heterocycles. The maximum atomic E-state index is 5.66. The van der Waals surface area contributed by atoms with Crippen molar-refractivity contribution in [2.24, 2.45) is 0 Å². The van der Waals surface area contributed by atoms with Crippen molar-refractivity contribution in [1.82, 2.24) is 0 Å². The predicted octanol–water partition coefficient (Wildman–Crippen LogP) is 3.04. The topological polar surface area (TPSA) is 9.23 Å². The van der Waals surface area contributed by atoms with Gasteiger partial charge in [-0.05, 0) is 34.1 Å². The number of hydrogen-bond acceptors (Lipinski definition) is 1. The van der Waals surface area contributed by atoms with Crippen LogP contribution < -0.4 is 10.2 Å². The molecular weight excluding hydrogens is 251 g/mol. The number of halogens is 1. The van der Waals surface area contributed by atoms with Gasteiger partial charge in [0.1, 0.15) is 19.3 Å². The predicted molar refractivity (Wildman–Crippen MR) is 66.0 cm³/mol. The Morgan fingerprint density at radius 3 is 2.40 bits per heavy atom. The average molecular weight is 259 g/mol. The third-order valence-corrected chi connectivity index (χ3v) is 2.55. The van der Waals surface area contributed by atoms with Gasteiger partial charge in [0.05, 0.1) is 4.47 Å². The van der Waals surface area contributed by atoms with E-state index in [2.05, 4.69) is 15.9 Å². The van der Waals surface area contributed by atoms with E-state index >= 15 is 0 Å². The number of para-hydroxylation sites is 1. The third kappa shape index (κ3) is 2.63. The van der Waals surface area contributed by atoms with Gasteiger partial charge in [-0.3, -0.25) is 0 Å². The molecule has 0 fully saturated rings. The number of rotatable bonds is 2. The van der Waals surface area contributed by atoms with Crippen molar-refractivity contribution in [3.05, 3.63) is 53.0 Å². The van der Waals surface area contributed by atoms with Gasteiger partial charge in [0.2, 0.25) is 0 Å². The summed E-state index contributed by atoms with van der Waals surface area (Å²) < 4.78 is 6.51. The van der Waals surface area contributed by atoms with Crippen molar-refractivity contribution in [3.8, 4) is 11.5 Å². The normalized spacial score (nSPS) is 9.93. The van der Waals surface area contributed by atoms with Crippen LogP contribution in [0, 0.1) is 0 Å². The summed E-state index contributed by atoms with van der Waals surface area (Å²) in [6.07, 6.45) is 0. The molecule has 0 spiro atoms. The molecule has 0 aliphatic carbocycles. The molecule has 0 saturated heterocycles. The SMILES string of the molecule is [B]c1ccc(Oc2ccccc2)c(Br)c1. The molecule has 2 aromatic rings. The van der Waals surface area contributed by atoms with Crippen LogP contribution in [0.3, 0.4) is 0 Å². The zero-order chi connectivity index (χ0) is 10.7. The highest BCUT2D eigenvalue weighted by Gasteiger charge is 2.01. The van der Waals surface area contributed by atoms with Gasteiger partial charge in [0.15, 0.2) is 0 Å². The Kier molecular flexibility index (Phi) is 3.12. The fraction of sp³-hybridized carbons (Fsp3) is 0. The second-order valence-electron chi connectivity index (χ2n) is 3.10. The van der Waals surface area contributed by atoms with Gasteiger partial charge < -0.3 is 4.74 Å². The fourth-order valence-corrected chi connectivity index (χ4v) is 1.69. The van der Waals surface area contributed by atoms with Crippen molar-refractivity contribution in [1.29, 1.82) is 0 Å². The van der Waals surface area contributed by atoms with Gasteiger partial charge in [0, 0.05) is 0 Å². The van der Waals surface area contributed by atoms with Crippen LogP contribution in [0.4, 0.5) is 0 Å². The maximum Gasteiger partial charge on any atom is 0.141 e. The molecule has 0 amide bonds. The molecule has 0 N–H and O–H groups in total. The van der Waals surface area contributed by atoms with E-state index in [0.29, 0.717) is 5.46 Å². The Hall–Kier alpha value is -1.22. The smallest absolute Gasteiger partial charge is 0.141 e. The lowest BCUT2D eigenvalue weighted by atomic mass is 9.97. The van der Waals surface area contributed by atoms with E-state index in [1.165, 1.54) is 0 Å². The second-order valence-corrected chi connectivity index (χ2v) is 3.96. The van der Waals surface area contributed by atoms with E-state index in [-0.39, 0.29) is 0 Å². The summed E-state index contributed by atoms with van der Waals surface area (Å²) in [4.78, 5) is 0. The fourth-order valence-electron chi connectivity index (χ4n) is 1.22. The molecule has 0 unspecified atom stereocenters. The summed E-state index contributed by atoms with van der Waals surface area (Å²) in [6.45, 7) is 0. The summed E-state index contributed by atoms with van der Waals surface area (Å²) in [6, 6.07) is 15.1. The first-order valence-electron chi connectivity index (χ1n) is 4.53. The summed E-state index contributed by atoms with van der Waals surface area (Å²) in [5, 5.41) is 0. The minimum Gasteiger partial charge on any atom is -0.456 e. The molecule has 2 rings (SSSR count). The maximum absolute atomic E-state index is 5.66. The molecule has 2 radical (unpaired) electrons. The van der Waals surface area contributed by atoms with E-state index in [1.807, 2.05) is 48.5 Å². The zero-order valence-corrected chi connectivity index (χ0v) is 9.57. The van der Waals surface area contributed by atoms with Crippen LogP contribution in [0.1, 0.15) is 0 Å². The molecule has 15 heavy (non-hydrogen) atoms. The first kappa shape index (κ1) is 10.3. The number of hydrogen-bond donors (Lipinski definition) is 0. The van der Waals surface area contributed by atoms with Gasteiger partial charge in [-0.15, -0.1) is 0 Å². The van der Waals surface area contributed by atoms with Gasteiger partial charge >= 0.3 is 0 Å². The Morgan fingerprint density at radius 2 is 1.73 bits per heavy atom. The van der Waals surface area contributed by atoms with Crippen LogP contribution in [0.2, 0.25) is 0 Å². The minimum absolute atomic E-state index is 0.710. The standard InChI is InChI=1S/C12H8BBrO/c13-9-6-7-12(11(14)8-9)15-10-4-2-1-3-5-10/h1-8H.